The first-order chi connectivity index (χ1) is 14.1. The zero-order chi connectivity index (χ0) is 22.3. The molecule has 0 saturated carbocycles. The van der Waals surface area contributed by atoms with Crippen LogP contribution in [0, 0.1) is 0 Å². The molecule has 0 spiro atoms. The highest BCUT2D eigenvalue weighted by molar-refractivity contribution is 5.94. The molecule has 0 bridgehead atoms. The van der Waals surface area contributed by atoms with E-state index in [-0.39, 0.29) is 57.4 Å². The predicted octanol–water partition coefficient (Wildman–Crippen LogP) is -0.476. The number of hydrogen-bond acceptors (Lipinski definition) is 8. The van der Waals surface area contributed by atoms with E-state index in [1.165, 1.54) is 0 Å². The van der Waals surface area contributed by atoms with E-state index in [1.54, 1.807) is 26.8 Å². The number of aliphatic hydroxyl groups is 2. The van der Waals surface area contributed by atoms with Crippen LogP contribution in [0.15, 0.2) is 11.6 Å². The van der Waals surface area contributed by atoms with Crippen LogP contribution >= 0.6 is 0 Å². The second-order valence-electron chi connectivity index (χ2n) is 8.42. The van der Waals surface area contributed by atoms with Crippen molar-refractivity contribution in [2.75, 3.05) is 19.9 Å². The fraction of sp³-hybridized carbons (Fsp3) is 0.750. The molecule has 0 aromatic rings. The average Bonchev–Trinajstić information content (AvgIpc) is 3.12. The number of aliphatic hydroxyl groups excluding tert-OH is 2. The molecule has 1 fully saturated rings. The van der Waals surface area contributed by atoms with Gasteiger partial charge >= 0.3 is 5.97 Å². The lowest BCUT2D eigenvalue weighted by Gasteiger charge is -2.26. The van der Waals surface area contributed by atoms with E-state index in [0.29, 0.717) is 5.57 Å². The Balaban J connectivity index is 1.69. The third kappa shape index (κ3) is 7.67. The molecular formula is C20H32N2O8. The van der Waals surface area contributed by atoms with Gasteiger partial charge in [0.05, 0.1) is 18.8 Å². The second kappa shape index (κ2) is 10.9. The van der Waals surface area contributed by atoms with Gasteiger partial charge in [-0.1, -0.05) is 0 Å². The molecule has 4 unspecified atom stereocenters. The molecule has 0 radical (unpaired) electrons. The van der Waals surface area contributed by atoms with Gasteiger partial charge < -0.3 is 35.1 Å². The molecule has 170 valence electrons. The van der Waals surface area contributed by atoms with Gasteiger partial charge in [-0.2, -0.15) is 0 Å². The summed E-state index contributed by atoms with van der Waals surface area (Å²) in [6, 6.07) is -0.576. The van der Waals surface area contributed by atoms with Crippen LogP contribution < -0.4 is 10.6 Å². The Hall–Kier alpha value is -2.01. The van der Waals surface area contributed by atoms with Crippen molar-refractivity contribution in [1.82, 2.24) is 10.6 Å². The molecule has 2 rings (SSSR count). The molecule has 1 heterocycles. The number of ether oxygens (including phenoxy) is 3. The van der Waals surface area contributed by atoms with Crippen LogP contribution in [0.3, 0.4) is 0 Å². The Morgan fingerprint density at radius 3 is 2.67 bits per heavy atom. The maximum absolute atomic E-state index is 12.3. The van der Waals surface area contributed by atoms with Crippen LogP contribution in [0.25, 0.3) is 0 Å². The number of carbonyl (C=O) groups excluding carboxylic acids is 3. The minimum atomic E-state index is -0.818. The number of nitrogens with one attached hydrogen (secondary N) is 2. The summed E-state index contributed by atoms with van der Waals surface area (Å²) in [6.45, 7) is 5.16. The number of hydrogen-bond donors (Lipinski definition) is 4. The first-order valence-electron chi connectivity index (χ1n) is 10.1. The molecule has 4 N–H and O–H groups in total. The van der Waals surface area contributed by atoms with Crippen molar-refractivity contribution in [3.8, 4) is 0 Å². The van der Waals surface area contributed by atoms with Gasteiger partial charge in [-0.25, -0.2) is 0 Å². The lowest BCUT2D eigenvalue weighted by Crippen LogP contribution is -2.42. The second-order valence-corrected chi connectivity index (χ2v) is 8.42. The smallest absolute Gasteiger partial charge is 0.306 e. The van der Waals surface area contributed by atoms with Crippen molar-refractivity contribution in [3.05, 3.63) is 11.6 Å². The van der Waals surface area contributed by atoms with Gasteiger partial charge in [0.2, 0.25) is 11.8 Å². The number of rotatable bonds is 9. The summed E-state index contributed by atoms with van der Waals surface area (Å²) >= 11 is 0. The first kappa shape index (κ1) is 24.3. The van der Waals surface area contributed by atoms with Crippen molar-refractivity contribution in [3.63, 3.8) is 0 Å². The van der Waals surface area contributed by atoms with Gasteiger partial charge in [0, 0.05) is 31.4 Å². The number of fused-ring (bicyclic) bond motifs is 1. The lowest BCUT2D eigenvalue weighted by atomic mass is 9.92. The molecule has 10 heteroatoms. The average molecular weight is 428 g/mol. The number of carbonyl (C=O) groups is 3. The molecule has 2 aliphatic rings. The number of amides is 2. The molecule has 1 saturated heterocycles. The third-order valence-corrected chi connectivity index (χ3v) is 4.65. The van der Waals surface area contributed by atoms with Crippen molar-refractivity contribution in [2.24, 2.45) is 0 Å². The van der Waals surface area contributed by atoms with Crippen LogP contribution in [0.2, 0.25) is 0 Å². The summed E-state index contributed by atoms with van der Waals surface area (Å²) in [7, 11) is 0. The highest BCUT2D eigenvalue weighted by Gasteiger charge is 2.39. The zero-order valence-corrected chi connectivity index (χ0v) is 17.7. The molecule has 0 aromatic carbocycles. The van der Waals surface area contributed by atoms with E-state index < -0.39 is 35.9 Å². The Morgan fingerprint density at radius 1 is 1.27 bits per heavy atom. The van der Waals surface area contributed by atoms with Crippen LogP contribution in [0.5, 0.6) is 0 Å². The van der Waals surface area contributed by atoms with E-state index >= 15 is 0 Å². The van der Waals surface area contributed by atoms with Crippen molar-refractivity contribution >= 4 is 17.8 Å². The summed E-state index contributed by atoms with van der Waals surface area (Å²) in [5, 5.41) is 24.7. The minimum Gasteiger partial charge on any atom is -0.460 e. The quantitative estimate of drug-likeness (QED) is 0.361. The standard InChI is InChI=1S/C20H32N2O8/c1-20(2,3)30-17(26)5-4-13(10-23)22-16(25)6-7-21-19(27)12-8-14(24)18-15(9-12)28-11-29-18/h9,13-15,18,23-24H,4-8,10-11H2,1-3H3,(H,21,27)(H,22,25). The fourth-order valence-corrected chi connectivity index (χ4v) is 3.23. The maximum Gasteiger partial charge on any atom is 0.306 e. The molecule has 1 aliphatic heterocycles. The van der Waals surface area contributed by atoms with E-state index in [0.717, 1.165) is 0 Å². The highest BCUT2D eigenvalue weighted by Crippen LogP contribution is 2.27. The summed E-state index contributed by atoms with van der Waals surface area (Å²) in [5.74, 6) is -1.13. The van der Waals surface area contributed by atoms with Crippen LogP contribution in [0.4, 0.5) is 0 Å². The molecule has 2 amide bonds. The van der Waals surface area contributed by atoms with Crippen LogP contribution in [-0.4, -0.2) is 77.9 Å². The van der Waals surface area contributed by atoms with Crippen molar-refractivity contribution in [1.29, 1.82) is 0 Å². The van der Waals surface area contributed by atoms with E-state index in [4.69, 9.17) is 14.2 Å². The summed E-state index contributed by atoms with van der Waals surface area (Å²) in [5.41, 5.74) is -0.199. The van der Waals surface area contributed by atoms with Crippen molar-refractivity contribution < 1.29 is 38.8 Å². The Labute approximate surface area is 175 Å². The van der Waals surface area contributed by atoms with Gasteiger partial charge in [-0.15, -0.1) is 0 Å². The molecule has 10 nitrogen and oxygen atoms in total. The Kier molecular flexibility index (Phi) is 8.78. The maximum atomic E-state index is 12.3. The molecular weight excluding hydrogens is 396 g/mol. The molecule has 1 aliphatic carbocycles. The zero-order valence-electron chi connectivity index (χ0n) is 17.7. The lowest BCUT2D eigenvalue weighted by molar-refractivity contribution is -0.155. The normalized spacial score (nSPS) is 24.4. The molecule has 0 aromatic heterocycles. The SMILES string of the molecule is CC(C)(C)OC(=O)CCC(CO)NC(=O)CCNC(=O)C1=CC2OCOC2C(O)C1. The summed E-state index contributed by atoms with van der Waals surface area (Å²) in [6.07, 6.45) is 0.398. The number of esters is 1. The highest BCUT2D eigenvalue weighted by atomic mass is 16.7. The van der Waals surface area contributed by atoms with E-state index in [9.17, 15) is 24.6 Å². The van der Waals surface area contributed by atoms with Crippen molar-refractivity contribution in [2.45, 2.75) is 76.4 Å². The third-order valence-electron chi connectivity index (χ3n) is 4.65. The summed E-state index contributed by atoms with van der Waals surface area (Å²) in [4.78, 5) is 36.1. The largest absolute Gasteiger partial charge is 0.460 e. The van der Waals surface area contributed by atoms with Gasteiger partial charge in [0.15, 0.2) is 0 Å². The minimum absolute atomic E-state index is 0.0101. The summed E-state index contributed by atoms with van der Waals surface area (Å²) < 4.78 is 15.8. The Bertz CT molecular complexity index is 658. The van der Waals surface area contributed by atoms with Crippen LogP contribution in [0.1, 0.15) is 46.5 Å². The first-order valence-corrected chi connectivity index (χ1v) is 10.1. The topological polar surface area (TPSA) is 143 Å². The molecule has 30 heavy (non-hydrogen) atoms. The van der Waals surface area contributed by atoms with Gasteiger partial charge in [-0.3, -0.25) is 14.4 Å². The van der Waals surface area contributed by atoms with Crippen LogP contribution in [-0.2, 0) is 28.6 Å². The predicted molar refractivity (Wildman–Crippen MR) is 105 cm³/mol. The Morgan fingerprint density at radius 2 is 2.00 bits per heavy atom. The van der Waals surface area contributed by atoms with E-state index in [2.05, 4.69) is 10.6 Å². The van der Waals surface area contributed by atoms with Gasteiger partial charge in [-0.05, 0) is 33.3 Å². The van der Waals surface area contributed by atoms with Gasteiger partial charge in [0.1, 0.15) is 24.6 Å². The molecule has 4 atom stereocenters. The van der Waals surface area contributed by atoms with Gasteiger partial charge in [0.25, 0.3) is 0 Å². The fourth-order valence-electron chi connectivity index (χ4n) is 3.23. The monoisotopic (exact) mass is 428 g/mol. The van der Waals surface area contributed by atoms with E-state index in [1.807, 2.05) is 0 Å².